The predicted molar refractivity (Wildman–Crippen MR) is 95.6 cm³/mol. The number of anilines is 1. The third-order valence-corrected chi connectivity index (χ3v) is 4.26. The van der Waals surface area contributed by atoms with E-state index in [1.807, 2.05) is 13.0 Å². The number of amides is 1. The van der Waals surface area contributed by atoms with Crippen molar-refractivity contribution in [3.63, 3.8) is 0 Å². The molecule has 1 saturated heterocycles. The van der Waals surface area contributed by atoms with Gasteiger partial charge < -0.3 is 15.3 Å². The Balaban J connectivity index is 2.03. The van der Waals surface area contributed by atoms with Crippen LogP contribution < -0.4 is 10.2 Å². The Hall–Kier alpha value is -2.04. The van der Waals surface area contributed by atoms with Crippen LogP contribution in [-0.4, -0.2) is 36.1 Å². The molecule has 1 aromatic rings. The van der Waals surface area contributed by atoms with Crippen LogP contribution in [-0.2, 0) is 4.79 Å². The maximum Gasteiger partial charge on any atom is 0.335 e. The summed E-state index contributed by atoms with van der Waals surface area (Å²) in [7, 11) is 0. The van der Waals surface area contributed by atoms with Crippen molar-refractivity contribution >= 4 is 17.6 Å². The van der Waals surface area contributed by atoms with E-state index >= 15 is 0 Å². The Bertz CT molecular complexity index is 620. The summed E-state index contributed by atoms with van der Waals surface area (Å²) in [4.78, 5) is 25.5. The molecule has 0 aliphatic carbocycles. The van der Waals surface area contributed by atoms with Gasteiger partial charge in [-0.2, -0.15) is 0 Å². The van der Waals surface area contributed by atoms with Crippen LogP contribution in [0, 0.1) is 12.3 Å². The Kier molecular flexibility index (Phi) is 5.52. The normalized spacial score (nSPS) is 18.3. The summed E-state index contributed by atoms with van der Waals surface area (Å²) in [5.74, 6) is -0.803. The van der Waals surface area contributed by atoms with Crippen molar-refractivity contribution in [3.05, 3.63) is 29.3 Å². The molecule has 1 heterocycles. The van der Waals surface area contributed by atoms with Crippen LogP contribution in [0.4, 0.5) is 5.69 Å². The number of nitrogens with zero attached hydrogens (tertiary/aromatic N) is 1. The topological polar surface area (TPSA) is 69.6 Å². The number of aryl methyl sites for hydroxylation is 1. The molecule has 24 heavy (non-hydrogen) atoms. The number of rotatable bonds is 4. The highest BCUT2D eigenvalue weighted by Crippen LogP contribution is 2.25. The molecular weight excluding hydrogens is 304 g/mol. The van der Waals surface area contributed by atoms with Crippen molar-refractivity contribution in [2.45, 2.75) is 53.0 Å². The standard InChI is InChI=1S/C19H28N2O3/c1-13-10-14(18(23)24)7-8-16(13)21-9-5-6-15(12-21)20-17(22)11-19(2,3)4/h7-8,10,15H,5-6,9,11-12H2,1-4H3,(H,20,22)(H,23,24)/t15-/m1/s1. The first-order chi connectivity index (χ1) is 11.2. The molecule has 5 heteroatoms. The van der Waals surface area contributed by atoms with Gasteiger partial charge in [0.25, 0.3) is 0 Å². The van der Waals surface area contributed by atoms with Crippen LogP contribution in [0.3, 0.4) is 0 Å². The first-order valence-corrected chi connectivity index (χ1v) is 8.54. The molecular formula is C19H28N2O3. The second kappa shape index (κ2) is 7.24. The minimum absolute atomic E-state index is 0.0122. The lowest BCUT2D eigenvalue weighted by Gasteiger charge is -2.36. The summed E-state index contributed by atoms with van der Waals surface area (Å²) in [6, 6.07) is 5.37. The van der Waals surface area contributed by atoms with Gasteiger partial charge in [-0.15, -0.1) is 0 Å². The lowest BCUT2D eigenvalue weighted by Crippen LogP contribution is -2.48. The van der Waals surface area contributed by atoms with E-state index in [-0.39, 0.29) is 17.4 Å². The third kappa shape index (κ3) is 4.98. The molecule has 1 aromatic carbocycles. The van der Waals surface area contributed by atoms with Gasteiger partial charge in [0.1, 0.15) is 0 Å². The Morgan fingerprint density at radius 2 is 2.04 bits per heavy atom. The van der Waals surface area contributed by atoms with Crippen LogP contribution in [0.5, 0.6) is 0 Å². The largest absolute Gasteiger partial charge is 0.478 e. The SMILES string of the molecule is Cc1cc(C(=O)O)ccc1N1CCC[C@@H](NC(=O)CC(C)(C)C)C1. The maximum atomic E-state index is 12.2. The van der Waals surface area contributed by atoms with Crippen molar-refractivity contribution in [3.8, 4) is 0 Å². The molecule has 0 unspecified atom stereocenters. The van der Waals surface area contributed by atoms with Crippen LogP contribution in [0.1, 0.15) is 56.0 Å². The van der Waals surface area contributed by atoms with Gasteiger partial charge in [0.15, 0.2) is 0 Å². The van der Waals surface area contributed by atoms with Gasteiger partial charge in [0.2, 0.25) is 5.91 Å². The van der Waals surface area contributed by atoms with E-state index in [9.17, 15) is 9.59 Å². The second-order valence-electron chi connectivity index (χ2n) is 7.90. The Morgan fingerprint density at radius 3 is 2.62 bits per heavy atom. The van der Waals surface area contributed by atoms with Gasteiger partial charge in [-0.1, -0.05) is 20.8 Å². The van der Waals surface area contributed by atoms with Crippen LogP contribution >= 0.6 is 0 Å². The summed E-state index contributed by atoms with van der Waals surface area (Å²) in [6.45, 7) is 9.82. The fourth-order valence-corrected chi connectivity index (χ4v) is 3.22. The van der Waals surface area contributed by atoms with Gasteiger partial charge in [-0.25, -0.2) is 4.79 Å². The van der Waals surface area contributed by atoms with Crippen molar-refractivity contribution in [1.29, 1.82) is 0 Å². The number of aromatic carboxylic acids is 1. The maximum absolute atomic E-state index is 12.2. The Labute approximate surface area is 144 Å². The first-order valence-electron chi connectivity index (χ1n) is 8.54. The zero-order chi connectivity index (χ0) is 17.9. The molecule has 5 nitrogen and oxygen atoms in total. The van der Waals surface area contributed by atoms with Crippen LogP contribution in [0.25, 0.3) is 0 Å². The molecule has 1 aliphatic rings. The number of hydrogen-bond donors (Lipinski definition) is 2. The van der Waals surface area contributed by atoms with E-state index < -0.39 is 5.97 Å². The smallest absolute Gasteiger partial charge is 0.335 e. The number of piperidine rings is 1. The predicted octanol–water partition coefficient (Wildman–Crippen LogP) is 3.21. The molecule has 0 saturated carbocycles. The minimum atomic E-state index is -0.907. The Morgan fingerprint density at radius 1 is 1.33 bits per heavy atom. The minimum Gasteiger partial charge on any atom is -0.478 e. The molecule has 2 N–H and O–H groups in total. The highest BCUT2D eigenvalue weighted by molar-refractivity contribution is 5.88. The van der Waals surface area contributed by atoms with Crippen molar-refractivity contribution in [2.75, 3.05) is 18.0 Å². The summed E-state index contributed by atoms with van der Waals surface area (Å²) >= 11 is 0. The number of hydrogen-bond acceptors (Lipinski definition) is 3. The summed E-state index contributed by atoms with van der Waals surface area (Å²) in [5, 5.41) is 12.2. The molecule has 1 amide bonds. The van der Waals surface area contributed by atoms with E-state index in [0.29, 0.717) is 12.0 Å². The third-order valence-electron chi connectivity index (χ3n) is 4.26. The quantitative estimate of drug-likeness (QED) is 0.888. The molecule has 132 valence electrons. The van der Waals surface area contributed by atoms with E-state index in [2.05, 4.69) is 31.0 Å². The average Bonchev–Trinajstić information content (AvgIpc) is 2.45. The zero-order valence-electron chi connectivity index (χ0n) is 15.1. The molecule has 0 aromatic heterocycles. The summed E-state index contributed by atoms with van der Waals surface area (Å²) in [5.41, 5.74) is 2.30. The summed E-state index contributed by atoms with van der Waals surface area (Å²) < 4.78 is 0. The van der Waals surface area contributed by atoms with Crippen LogP contribution in [0.2, 0.25) is 0 Å². The monoisotopic (exact) mass is 332 g/mol. The fraction of sp³-hybridized carbons (Fsp3) is 0.579. The van der Waals surface area contributed by atoms with Gasteiger partial charge in [0, 0.05) is 31.2 Å². The fourth-order valence-electron chi connectivity index (χ4n) is 3.22. The van der Waals surface area contributed by atoms with Gasteiger partial charge in [0.05, 0.1) is 5.56 Å². The molecule has 2 rings (SSSR count). The number of carboxylic acid groups (broad SMARTS) is 1. The van der Waals surface area contributed by atoms with Crippen molar-refractivity contribution in [2.24, 2.45) is 5.41 Å². The zero-order valence-corrected chi connectivity index (χ0v) is 15.1. The molecule has 1 aliphatic heterocycles. The van der Waals surface area contributed by atoms with E-state index in [1.54, 1.807) is 12.1 Å². The van der Waals surface area contributed by atoms with E-state index in [4.69, 9.17) is 5.11 Å². The van der Waals surface area contributed by atoms with Gasteiger partial charge >= 0.3 is 5.97 Å². The molecule has 0 spiro atoms. The molecule has 1 fully saturated rings. The number of carboxylic acids is 1. The van der Waals surface area contributed by atoms with Gasteiger partial charge in [-0.05, 0) is 48.9 Å². The number of nitrogens with one attached hydrogen (secondary N) is 1. The first kappa shape index (κ1) is 18.3. The van der Waals surface area contributed by atoms with Crippen molar-refractivity contribution < 1.29 is 14.7 Å². The van der Waals surface area contributed by atoms with Crippen LogP contribution in [0.15, 0.2) is 18.2 Å². The van der Waals surface area contributed by atoms with Crippen molar-refractivity contribution in [1.82, 2.24) is 5.32 Å². The van der Waals surface area contributed by atoms with E-state index in [1.165, 1.54) is 0 Å². The van der Waals surface area contributed by atoms with Gasteiger partial charge in [-0.3, -0.25) is 4.79 Å². The number of carbonyl (C=O) groups excluding carboxylic acids is 1. The molecule has 1 atom stereocenters. The average molecular weight is 332 g/mol. The second-order valence-corrected chi connectivity index (χ2v) is 7.90. The highest BCUT2D eigenvalue weighted by atomic mass is 16.4. The molecule has 0 radical (unpaired) electrons. The van der Waals surface area contributed by atoms with E-state index in [0.717, 1.165) is 37.2 Å². The lowest BCUT2D eigenvalue weighted by atomic mass is 9.91. The molecule has 0 bridgehead atoms. The highest BCUT2D eigenvalue weighted by Gasteiger charge is 2.24. The number of carbonyl (C=O) groups is 2. The lowest BCUT2D eigenvalue weighted by molar-refractivity contribution is -0.123. The summed E-state index contributed by atoms with van der Waals surface area (Å²) in [6.07, 6.45) is 2.52. The number of benzene rings is 1.